The van der Waals surface area contributed by atoms with E-state index in [-0.39, 0.29) is 0 Å². The molecule has 2 aromatic rings. The molecule has 6 nitrogen and oxygen atoms in total. The number of nitrogens with one attached hydrogen (secondary N) is 1. The molecule has 0 aromatic carbocycles. The fourth-order valence-corrected chi connectivity index (χ4v) is 1.75. The van der Waals surface area contributed by atoms with Crippen molar-refractivity contribution in [1.29, 1.82) is 5.26 Å². The summed E-state index contributed by atoms with van der Waals surface area (Å²) < 4.78 is 1.85. The van der Waals surface area contributed by atoms with Crippen LogP contribution in [0.1, 0.15) is 22.6 Å². The SMILES string of the molecule is Cc1nn(C)c(C)c1CNc1nccc(C#N)n1. The van der Waals surface area contributed by atoms with Crippen molar-refractivity contribution in [3.63, 3.8) is 0 Å². The van der Waals surface area contributed by atoms with Crippen molar-refractivity contribution in [2.24, 2.45) is 7.05 Å². The fourth-order valence-electron chi connectivity index (χ4n) is 1.75. The third-order valence-corrected chi connectivity index (χ3v) is 2.85. The normalized spacial score (nSPS) is 10.1. The quantitative estimate of drug-likeness (QED) is 0.877. The molecular formula is C12H14N6. The Morgan fingerprint density at radius 1 is 1.44 bits per heavy atom. The van der Waals surface area contributed by atoms with E-state index in [9.17, 15) is 0 Å². The van der Waals surface area contributed by atoms with Gasteiger partial charge >= 0.3 is 0 Å². The first-order valence-electron chi connectivity index (χ1n) is 5.58. The first kappa shape index (κ1) is 12.0. The predicted molar refractivity (Wildman–Crippen MR) is 66.8 cm³/mol. The third kappa shape index (κ3) is 2.30. The van der Waals surface area contributed by atoms with Crippen LogP contribution in [0.3, 0.4) is 0 Å². The van der Waals surface area contributed by atoms with Crippen molar-refractivity contribution in [1.82, 2.24) is 19.7 Å². The maximum absolute atomic E-state index is 8.76. The monoisotopic (exact) mass is 242 g/mol. The summed E-state index contributed by atoms with van der Waals surface area (Å²) in [5.41, 5.74) is 3.57. The summed E-state index contributed by atoms with van der Waals surface area (Å²) in [7, 11) is 1.92. The number of nitriles is 1. The molecule has 0 aliphatic rings. The molecule has 0 aliphatic carbocycles. The van der Waals surface area contributed by atoms with E-state index in [1.807, 2.05) is 31.6 Å². The van der Waals surface area contributed by atoms with Gasteiger partial charge in [0.05, 0.1) is 5.69 Å². The Kier molecular flexibility index (Phi) is 3.24. The zero-order valence-corrected chi connectivity index (χ0v) is 10.6. The minimum Gasteiger partial charge on any atom is -0.350 e. The third-order valence-electron chi connectivity index (χ3n) is 2.85. The predicted octanol–water partition coefficient (Wildman–Crippen LogP) is 1.31. The van der Waals surface area contributed by atoms with Gasteiger partial charge in [-0.2, -0.15) is 10.4 Å². The molecule has 1 N–H and O–H groups in total. The molecule has 0 radical (unpaired) electrons. The minimum absolute atomic E-state index is 0.354. The Morgan fingerprint density at radius 3 is 2.83 bits per heavy atom. The molecule has 2 rings (SSSR count). The van der Waals surface area contributed by atoms with Crippen molar-refractivity contribution in [2.45, 2.75) is 20.4 Å². The van der Waals surface area contributed by atoms with Gasteiger partial charge in [-0.25, -0.2) is 9.97 Å². The second-order valence-corrected chi connectivity index (χ2v) is 4.00. The van der Waals surface area contributed by atoms with Gasteiger partial charge in [-0.05, 0) is 19.9 Å². The van der Waals surface area contributed by atoms with Gasteiger partial charge in [0.2, 0.25) is 5.95 Å². The van der Waals surface area contributed by atoms with Crippen LogP contribution in [-0.2, 0) is 13.6 Å². The molecule has 2 aromatic heterocycles. The number of nitrogens with zero attached hydrogens (tertiary/aromatic N) is 5. The highest BCUT2D eigenvalue weighted by Crippen LogP contribution is 2.13. The lowest BCUT2D eigenvalue weighted by atomic mass is 10.2. The molecule has 0 fully saturated rings. The standard InChI is InChI=1S/C12H14N6/c1-8-11(9(2)18(3)17-8)7-15-12-14-5-4-10(6-13)16-12/h4-5H,7H2,1-3H3,(H,14,15,16). The second-order valence-electron chi connectivity index (χ2n) is 4.00. The summed E-state index contributed by atoms with van der Waals surface area (Å²) >= 11 is 0. The van der Waals surface area contributed by atoms with Crippen LogP contribution in [0.15, 0.2) is 12.3 Å². The second kappa shape index (κ2) is 4.84. The van der Waals surface area contributed by atoms with Gasteiger partial charge in [0.25, 0.3) is 0 Å². The highest BCUT2D eigenvalue weighted by molar-refractivity contribution is 5.33. The highest BCUT2D eigenvalue weighted by atomic mass is 15.3. The molecule has 6 heteroatoms. The van der Waals surface area contributed by atoms with Crippen molar-refractivity contribution in [3.8, 4) is 6.07 Å². The molecule has 0 unspecified atom stereocenters. The average Bonchev–Trinajstić information content (AvgIpc) is 2.61. The van der Waals surface area contributed by atoms with Crippen LogP contribution in [0.4, 0.5) is 5.95 Å². The summed E-state index contributed by atoms with van der Waals surface area (Å²) in [5.74, 6) is 0.455. The van der Waals surface area contributed by atoms with Crippen LogP contribution in [0.5, 0.6) is 0 Å². The number of hydrogen-bond donors (Lipinski definition) is 1. The van der Waals surface area contributed by atoms with Crippen molar-refractivity contribution in [2.75, 3.05) is 5.32 Å². The Morgan fingerprint density at radius 2 is 2.22 bits per heavy atom. The molecular weight excluding hydrogens is 228 g/mol. The Labute approximate surface area is 105 Å². The van der Waals surface area contributed by atoms with Crippen LogP contribution in [0.2, 0.25) is 0 Å². The van der Waals surface area contributed by atoms with Crippen LogP contribution in [0.25, 0.3) is 0 Å². The summed E-state index contributed by atoms with van der Waals surface area (Å²) in [4.78, 5) is 8.13. The lowest BCUT2D eigenvalue weighted by molar-refractivity contribution is 0.730. The van der Waals surface area contributed by atoms with E-state index in [2.05, 4.69) is 20.4 Å². The largest absolute Gasteiger partial charge is 0.350 e. The van der Waals surface area contributed by atoms with E-state index < -0.39 is 0 Å². The maximum Gasteiger partial charge on any atom is 0.224 e. The van der Waals surface area contributed by atoms with Crippen LogP contribution in [-0.4, -0.2) is 19.7 Å². The van der Waals surface area contributed by atoms with Gasteiger partial charge in [0.1, 0.15) is 11.8 Å². The van der Waals surface area contributed by atoms with Gasteiger partial charge in [0.15, 0.2) is 0 Å². The van der Waals surface area contributed by atoms with Crippen LogP contribution in [0, 0.1) is 25.2 Å². The van der Waals surface area contributed by atoms with E-state index in [1.54, 1.807) is 12.3 Å². The average molecular weight is 242 g/mol. The lowest BCUT2D eigenvalue weighted by Gasteiger charge is -2.05. The molecule has 0 aliphatic heterocycles. The van der Waals surface area contributed by atoms with Crippen molar-refractivity contribution in [3.05, 3.63) is 34.9 Å². The van der Waals surface area contributed by atoms with E-state index in [0.717, 1.165) is 17.0 Å². The zero-order valence-electron chi connectivity index (χ0n) is 10.6. The van der Waals surface area contributed by atoms with E-state index in [0.29, 0.717) is 18.2 Å². The zero-order chi connectivity index (χ0) is 13.1. The van der Waals surface area contributed by atoms with Crippen LogP contribution >= 0.6 is 0 Å². The first-order valence-corrected chi connectivity index (χ1v) is 5.58. The molecule has 0 atom stereocenters. The number of anilines is 1. The molecule has 0 saturated heterocycles. The lowest BCUT2D eigenvalue weighted by Crippen LogP contribution is -2.06. The Hall–Kier alpha value is -2.42. The number of rotatable bonds is 3. The van der Waals surface area contributed by atoms with E-state index >= 15 is 0 Å². The summed E-state index contributed by atoms with van der Waals surface area (Å²) in [6.07, 6.45) is 1.57. The van der Waals surface area contributed by atoms with Crippen LogP contribution < -0.4 is 5.32 Å². The summed E-state index contributed by atoms with van der Waals surface area (Å²) in [6.45, 7) is 4.58. The molecule has 0 saturated carbocycles. The van der Waals surface area contributed by atoms with Gasteiger partial charge in [-0.1, -0.05) is 0 Å². The van der Waals surface area contributed by atoms with E-state index in [4.69, 9.17) is 5.26 Å². The smallest absolute Gasteiger partial charge is 0.224 e. The summed E-state index contributed by atoms with van der Waals surface area (Å²) in [5, 5.41) is 16.2. The molecule has 18 heavy (non-hydrogen) atoms. The van der Waals surface area contributed by atoms with Gasteiger partial charge < -0.3 is 5.32 Å². The molecule has 92 valence electrons. The van der Waals surface area contributed by atoms with E-state index in [1.165, 1.54) is 0 Å². The molecule has 2 heterocycles. The Bertz CT molecular complexity index is 608. The highest BCUT2D eigenvalue weighted by Gasteiger charge is 2.09. The molecule has 0 bridgehead atoms. The van der Waals surface area contributed by atoms with Gasteiger partial charge in [-0.15, -0.1) is 0 Å². The molecule has 0 spiro atoms. The van der Waals surface area contributed by atoms with Crippen molar-refractivity contribution >= 4 is 5.95 Å². The summed E-state index contributed by atoms with van der Waals surface area (Å²) in [6, 6.07) is 3.56. The number of aromatic nitrogens is 4. The van der Waals surface area contributed by atoms with Crippen molar-refractivity contribution < 1.29 is 0 Å². The van der Waals surface area contributed by atoms with Gasteiger partial charge in [0, 0.05) is 31.0 Å². The first-order chi connectivity index (χ1) is 8.61. The molecule has 0 amide bonds. The van der Waals surface area contributed by atoms with Gasteiger partial charge in [-0.3, -0.25) is 4.68 Å². The fraction of sp³-hybridized carbons (Fsp3) is 0.333. The number of aryl methyl sites for hydroxylation is 2. The Balaban J connectivity index is 2.14. The topological polar surface area (TPSA) is 79.4 Å². The number of hydrogen-bond acceptors (Lipinski definition) is 5. The maximum atomic E-state index is 8.76. The minimum atomic E-state index is 0.354.